The van der Waals surface area contributed by atoms with E-state index < -0.39 is 0 Å². The summed E-state index contributed by atoms with van der Waals surface area (Å²) in [4.78, 5) is 2.45. The average molecular weight is 240 g/mol. The molecule has 0 radical (unpaired) electrons. The summed E-state index contributed by atoms with van der Waals surface area (Å²) < 4.78 is 0. The maximum absolute atomic E-state index is 3.79. The van der Waals surface area contributed by atoms with Gasteiger partial charge >= 0.3 is 0 Å². The minimum atomic E-state index is 0.166. The number of hydrogen-bond donors (Lipinski definition) is 1. The van der Waals surface area contributed by atoms with Crippen LogP contribution in [0.2, 0.25) is 0 Å². The molecule has 0 heterocycles. The van der Waals surface area contributed by atoms with Gasteiger partial charge in [0.1, 0.15) is 0 Å². The van der Waals surface area contributed by atoms with E-state index >= 15 is 0 Å². The summed E-state index contributed by atoms with van der Waals surface area (Å²) in [7, 11) is 2.21. The van der Waals surface area contributed by atoms with Crippen molar-refractivity contribution in [2.45, 2.75) is 60.2 Å². The highest BCUT2D eigenvalue weighted by molar-refractivity contribution is 4.91. The molecule has 0 saturated carbocycles. The topological polar surface area (TPSA) is 15.3 Å². The Morgan fingerprint density at radius 3 is 1.82 bits per heavy atom. The lowest BCUT2D eigenvalue weighted by Gasteiger charge is -2.47. The van der Waals surface area contributed by atoms with Crippen LogP contribution in [0.3, 0.4) is 0 Å². The third kappa shape index (κ3) is 4.02. The zero-order valence-corrected chi connectivity index (χ0v) is 13.0. The van der Waals surface area contributed by atoms with Crippen molar-refractivity contribution < 1.29 is 0 Å². The van der Waals surface area contributed by atoms with Gasteiger partial charge in [-0.3, -0.25) is 4.90 Å². The van der Waals surface area contributed by atoms with Crippen LogP contribution < -0.4 is 5.32 Å². The van der Waals surface area contributed by atoms with Crippen molar-refractivity contribution in [3.05, 3.63) is 12.8 Å². The third-order valence-electron chi connectivity index (χ3n) is 4.36. The molecular formula is C15H32N2. The molecule has 102 valence electrons. The zero-order valence-electron chi connectivity index (χ0n) is 13.0. The number of hydrogen-bond acceptors (Lipinski definition) is 2. The Labute approximate surface area is 108 Å². The molecule has 2 atom stereocenters. The Morgan fingerprint density at radius 1 is 1.06 bits per heavy atom. The van der Waals surface area contributed by atoms with Crippen LogP contribution in [0.4, 0.5) is 0 Å². The largest absolute Gasteiger partial charge is 0.376 e. The summed E-state index contributed by atoms with van der Waals surface area (Å²) in [6.07, 6.45) is 2.14. The molecule has 0 spiro atoms. The number of nitrogens with zero attached hydrogens (tertiary/aromatic N) is 1. The first-order valence-electron chi connectivity index (χ1n) is 6.76. The third-order valence-corrected chi connectivity index (χ3v) is 4.36. The van der Waals surface area contributed by atoms with Gasteiger partial charge in [0.15, 0.2) is 0 Å². The number of nitrogens with one attached hydrogen (secondary N) is 1. The lowest BCUT2D eigenvalue weighted by atomic mass is 9.79. The highest BCUT2D eigenvalue weighted by Crippen LogP contribution is 2.31. The van der Waals surface area contributed by atoms with E-state index in [9.17, 15) is 0 Å². The summed E-state index contributed by atoms with van der Waals surface area (Å²) in [6.45, 7) is 19.9. The van der Waals surface area contributed by atoms with Gasteiger partial charge in [-0.1, -0.05) is 41.2 Å². The van der Waals surface area contributed by atoms with E-state index in [1.165, 1.54) is 0 Å². The molecule has 2 heteroatoms. The van der Waals surface area contributed by atoms with Crippen LogP contribution in [-0.2, 0) is 0 Å². The second kappa shape index (κ2) is 6.44. The van der Waals surface area contributed by atoms with Gasteiger partial charge in [0, 0.05) is 5.54 Å². The normalized spacial score (nSPS) is 16.4. The average Bonchev–Trinajstić information content (AvgIpc) is 2.23. The van der Waals surface area contributed by atoms with E-state index in [-0.39, 0.29) is 5.54 Å². The fourth-order valence-corrected chi connectivity index (χ4v) is 2.37. The van der Waals surface area contributed by atoms with Crippen molar-refractivity contribution in [1.82, 2.24) is 10.2 Å². The Hall–Kier alpha value is -0.500. The van der Waals surface area contributed by atoms with Gasteiger partial charge in [-0.15, -0.1) is 0 Å². The molecule has 1 N–H and O–H groups in total. The highest BCUT2D eigenvalue weighted by atomic mass is 15.3. The quantitative estimate of drug-likeness (QED) is 0.683. The van der Waals surface area contributed by atoms with E-state index in [1.54, 1.807) is 6.20 Å². The molecule has 0 rings (SSSR count). The van der Waals surface area contributed by atoms with Gasteiger partial charge in [-0.05, 0) is 44.8 Å². The molecule has 0 aliphatic rings. The second-order valence-corrected chi connectivity index (χ2v) is 6.36. The minimum Gasteiger partial charge on any atom is -0.376 e. The van der Waals surface area contributed by atoms with E-state index in [4.69, 9.17) is 0 Å². The standard InChI is InChI=1S/C15H32N2/c1-10-16-14(12(4)5)17(9)15(7,8)13(6)11(2)3/h10-14,16H,1H2,2-9H3. The van der Waals surface area contributed by atoms with Gasteiger partial charge in [0.05, 0.1) is 6.17 Å². The van der Waals surface area contributed by atoms with Crippen molar-refractivity contribution in [3.63, 3.8) is 0 Å². The van der Waals surface area contributed by atoms with Crippen molar-refractivity contribution in [1.29, 1.82) is 0 Å². The molecule has 0 saturated heterocycles. The summed E-state index contributed by atoms with van der Waals surface area (Å²) in [6, 6.07) is 0. The van der Waals surface area contributed by atoms with E-state index in [2.05, 4.69) is 72.3 Å². The first-order chi connectivity index (χ1) is 7.66. The van der Waals surface area contributed by atoms with Crippen LogP contribution in [0.25, 0.3) is 0 Å². The molecule has 0 fully saturated rings. The van der Waals surface area contributed by atoms with Crippen molar-refractivity contribution in [3.8, 4) is 0 Å². The molecule has 0 bridgehead atoms. The molecule has 17 heavy (non-hydrogen) atoms. The molecule has 0 aromatic rings. The summed E-state index contributed by atoms with van der Waals surface area (Å²) in [5, 5.41) is 3.37. The van der Waals surface area contributed by atoms with Crippen molar-refractivity contribution >= 4 is 0 Å². The monoisotopic (exact) mass is 240 g/mol. The van der Waals surface area contributed by atoms with E-state index in [1.807, 2.05) is 0 Å². The summed E-state index contributed by atoms with van der Waals surface area (Å²) in [5.74, 6) is 1.88. The maximum Gasteiger partial charge on any atom is 0.0813 e. The Morgan fingerprint density at radius 2 is 1.53 bits per heavy atom. The second-order valence-electron chi connectivity index (χ2n) is 6.36. The zero-order chi connectivity index (χ0) is 13.8. The van der Waals surface area contributed by atoms with Gasteiger partial charge in [-0.2, -0.15) is 0 Å². The summed E-state index contributed by atoms with van der Waals surface area (Å²) in [5.41, 5.74) is 0.166. The Balaban J connectivity index is 4.96. The smallest absolute Gasteiger partial charge is 0.0813 e. The molecule has 2 nitrogen and oxygen atoms in total. The SMILES string of the molecule is C=CNC(C(C)C)N(C)C(C)(C)C(C)C(C)C. The predicted octanol–water partition coefficient (Wildman–Crippen LogP) is 3.70. The van der Waals surface area contributed by atoms with Gasteiger partial charge in [0.2, 0.25) is 0 Å². The van der Waals surface area contributed by atoms with Crippen molar-refractivity contribution in [2.24, 2.45) is 17.8 Å². The van der Waals surface area contributed by atoms with Crippen LogP contribution >= 0.6 is 0 Å². The Bertz CT molecular complexity index is 231. The van der Waals surface area contributed by atoms with Crippen molar-refractivity contribution in [2.75, 3.05) is 7.05 Å². The first kappa shape index (κ1) is 16.5. The fraction of sp³-hybridized carbons (Fsp3) is 0.867. The minimum absolute atomic E-state index is 0.166. The molecule has 0 aliphatic carbocycles. The molecular weight excluding hydrogens is 208 g/mol. The molecule has 0 amide bonds. The molecule has 0 aromatic heterocycles. The van der Waals surface area contributed by atoms with E-state index in [0.29, 0.717) is 23.9 Å². The number of rotatable bonds is 7. The van der Waals surface area contributed by atoms with E-state index in [0.717, 1.165) is 0 Å². The van der Waals surface area contributed by atoms with Gasteiger partial charge in [-0.25, -0.2) is 0 Å². The predicted molar refractivity (Wildman–Crippen MR) is 77.8 cm³/mol. The lowest BCUT2D eigenvalue weighted by Crippen LogP contribution is -2.57. The fourth-order valence-electron chi connectivity index (χ4n) is 2.37. The lowest BCUT2D eigenvalue weighted by molar-refractivity contribution is 0.0109. The van der Waals surface area contributed by atoms with Crippen LogP contribution in [-0.4, -0.2) is 23.7 Å². The van der Waals surface area contributed by atoms with Crippen LogP contribution in [0.15, 0.2) is 12.8 Å². The van der Waals surface area contributed by atoms with Gasteiger partial charge in [0.25, 0.3) is 0 Å². The maximum atomic E-state index is 3.79. The van der Waals surface area contributed by atoms with Gasteiger partial charge < -0.3 is 5.32 Å². The Kier molecular flexibility index (Phi) is 6.25. The molecule has 0 aliphatic heterocycles. The summed E-state index contributed by atoms with van der Waals surface area (Å²) >= 11 is 0. The molecule has 0 aromatic carbocycles. The highest BCUT2D eigenvalue weighted by Gasteiger charge is 2.36. The molecule has 2 unspecified atom stereocenters. The van der Waals surface area contributed by atoms with Crippen LogP contribution in [0, 0.1) is 17.8 Å². The van der Waals surface area contributed by atoms with Crippen LogP contribution in [0.5, 0.6) is 0 Å². The van der Waals surface area contributed by atoms with Crippen LogP contribution in [0.1, 0.15) is 48.5 Å². The first-order valence-corrected chi connectivity index (χ1v) is 6.76.